The molecule has 2 aliphatic rings. The average Bonchev–Trinajstić information content (AvgIpc) is 3.21. The molecule has 2 fully saturated rings. The molecule has 5 rings (SSSR count). The van der Waals surface area contributed by atoms with Gasteiger partial charge in [0.1, 0.15) is 6.04 Å². The van der Waals surface area contributed by atoms with E-state index in [1.54, 1.807) is 4.90 Å². The first-order valence-corrected chi connectivity index (χ1v) is 12.5. The van der Waals surface area contributed by atoms with Crippen molar-refractivity contribution in [3.8, 4) is 0 Å². The molecule has 0 aliphatic carbocycles. The second kappa shape index (κ2) is 10.4. The zero-order valence-electron chi connectivity index (χ0n) is 20.1. The predicted octanol–water partition coefficient (Wildman–Crippen LogP) is 4.11. The zero-order valence-corrected chi connectivity index (χ0v) is 20.1. The Labute approximate surface area is 211 Å². The summed E-state index contributed by atoms with van der Waals surface area (Å²) >= 11 is 0. The summed E-state index contributed by atoms with van der Waals surface area (Å²) in [5, 5.41) is 10.2. The van der Waals surface area contributed by atoms with Gasteiger partial charge in [0.25, 0.3) is 0 Å². The average molecular weight is 483 g/mol. The van der Waals surface area contributed by atoms with E-state index in [1.807, 2.05) is 91.0 Å². The van der Waals surface area contributed by atoms with Crippen LogP contribution in [-0.4, -0.2) is 57.4 Å². The van der Waals surface area contributed by atoms with E-state index in [-0.39, 0.29) is 30.8 Å². The van der Waals surface area contributed by atoms with Gasteiger partial charge in [-0.3, -0.25) is 9.59 Å². The maximum absolute atomic E-state index is 14.1. The summed E-state index contributed by atoms with van der Waals surface area (Å²) in [6.45, 7) is 0.253. The van der Waals surface area contributed by atoms with Crippen molar-refractivity contribution in [2.75, 3.05) is 6.54 Å². The van der Waals surface area contributed by atoms with Crippen molar-refractivity contribution in [2.24, 2.45) is 0 Å². The van der Waals surface area contributed by atoms with Crippen LogP contribution in [0.3, 0.4) is 0 Å². The van der Waals surface area contributed by atoms with E-state index in [9.17, 15) is 19.5 Å². The molecule has 184 valence electrons. The first-order valence-electron chi connectivity index (χ1n) is 12.5. The van der Waals surface area contributed by atoms with E-state index in [2.05, 4.69) is 0 Å². The molecule has 6 heteroatoms. The third-order valence-electron chi connectivity index (χ3n) is 7.47. The van der Waals surface area contributed by atoms with Gasteiger partial charge in [0.05, 0.1) is 12.0 Å². The number of nitrogens with zero attached hydrogens (tertiary/aromatic N) is 2. The van der Waals surface area contributed by atoms with Gasteiger partial charge in [0, 0.05) is 19.0 Å². The molecule has 3 aromatic carbocycles. The van der Waals surface area contributed by atoms with Crippen LogP contribution >= 0.6 is 0 Å². The first-order chi connectivity index (χ1) is 17.5. The fraction of sp³-hybridized carbons (Fsp3) is 0.300. The number of likely N-dealkylation sites (tertiary alicyclic amines) is 1. The quantitative estimate of drug-likeness (QED) is 0.550. The van der Waals surface area contributed by atoms with Gasteiger partial charge in [0.15, 0.2) is 0 Å². The molecule has 2 heterocycles. The zero-order chi connectivity index (χ0) is 25.1. The van der Waals surface area contributed by atoms with Crippen LogP contribution in [-0.2, 0) is 20.8 Å². The highest BCUT2D eigenvalue weighted by Crippen LogP contribution is 2.39. The number of aliphatic carboxylic acids is 1. The number of carboxylic acid groups (broad SMARTS) is 1. The number of rotatable bonds is 7. The summed E-state index contributed by atoms with van der Waals surface area (Å²) in [5.41, 5.74) is 2.80. The highest BCUT2D eigenvalue weighted by Gasteiger charge is 2.53. The SMILES string of the molecule is O=C(O)[C@@H]1[C@H]2CC[C@@H](CN1C(=O)CCc1ccccc1)N2C(=O)C(c1ccccc1)c1ccccc1. The van der Waals surface area contributed by atoms with E-state index in [1.165, 1.54) is 4.90 Å². The lowest BCUT2D eigenvalue weighted by Gasteiger charge is -2.46. The van der Waals surface area contributed by atoms with Gasteiger partial charge < -0.3 is 14.9 Å². The Morgan fingerprint density at radius 1 is 0.806 bits per heavy atom. The first kappa shape index (κ1) is 23.8. The normalized spacial score (nSPS) is 21.0. The summed E-state index contributed by atoms with van der Waals surface area (Å²) in [4.78, 5) is 43.1. The molecule has 3 aromatic rings. The molecule has 0 unspecified atom stereocenters. The molecule has 0 aromatic heterocycles. The topological polar surface area (TPSA) is 77.9 Å². The minimum absolute atomic E-state index is 0.0949. The minimum atomic E-state index is -1.05. The summed E-state index contributed by atoms with van der Waals surface area (Å²) in [6.07, 6.45) is 2.08. The van der Waals surface area contributed by atoms with E-state index >= 15 is 0 Å². The third-order valence-corrected chi connectivity index (χ3v) is 7.47. The van der Waals surface area contributed by atoms with Gasteiger partial charge in [-0.1, -0.05) is 91.0 Å². The number of fused-ring (bicyclic) bond motifs is 2. The van der Waals surface area contributed by atoms with Crippen LogP contribution in [0.5, 0.6) is 0 Å². The number of piperazine rings is 1. The van der Waals surface area contributed by atoms with Crippen molar-refractivity contribution in [1.29, 1.82) is 0 Å². The second-order valence-corrected chi connectivity index (χ2v) is 9.61. The summed E-state index contributed by atoms with van der Waals surface area (Å²) in [6, 6.07) is 27.2. The fourth-order valence-corrected chi connectivity index (χ4v) is 5.81. The lowest BCUT2D eigenvalue weighted by atomic mass is 9.88. The van der Waals surface area contributed by atoms with Gasteiger partial charge in [-0.15, -0.1) is 0 Å². The number of carboxylic acids is 1. The maximum atomic E-state index is 14.1. The van der Waals surface area contributed by atoms with Crippen molar-refractivity contribution in [2.45, 2.75) is 49.7 Å². The molecule has 0 radical (unpaired) electrons. The highest BCUT2D eigenvalue weighted by atomic mass is 16.4. The molecule has 0 spiro atoms. The Kier molecular flexibility index (Phi) is 6.85. The monoisotopic (exact) mass is 482 g/mol. The molecule has 1 N–H and O–H groups in total. The van der Waals surface area contributed by atoms with Gasteiger partial charge in [-0.25, -0.2) is 4.79 Å². The summed E-state index contributed by atoms with van der Waals surface area (Å²) in [5.74, 6) is -1.84. The maximum Gasteiger partial charge on any atom is 0.328 e. The van der Waals surface area contributed by atoms with Crippen LogP contribution in [0.4, 0.5) is 0 Å². The Morgan fingerprint density at radius 2 is 1.36 bits per heavy atom. The molecule has 6 nitrogen and oxygen atoms in total. The molecular weight excluding hydrogens is 452 g/mol. The molecule has 3 atom stereocenters. The largest absolute Gasteiger partial charge is 0.480 e. The van der Waals surface area contributed by atoms with Gasteiger partial charge in [-0.05, 0) is 36.0 Å². The van der Waals surface area contributed by atoms with Crippen LogP contribution in [0.2, 0.25) is 0 Å². The predicted molar refractivity (Wildman–Crippen MR) is 136 cm³/mol. The fourth-order valence-electron chi connectivity index (χ4n) is 5.81. The Hall–Kier alpha value is -3.93. The van der Waals surface area contributed by atoms with E-state index < -0.39 is 24.0 Å². The number of benzene rings is 3. The van der Waals surface area contributed by atoms with Gasteiger partial charge in [0.2, 0.25) is 11.8 Å². The molecule has 2 amide bonds. The van der Waals surface area contributed by atoms with E-state index in [4.69, 9.17) is 0 Å². The van der Waals surface area contributed by atoms with Crippen molar-refractivity contribution in [1.82, 2.24) is 9.80 Å². The second-order valence-electron chi connectivity index (χ2n) is 9.61. The molecule has 0 saturated carbocycles. The molecule has 36 heavy (non-hydrogen) atoms. The van der Waals surface area contributed by atoms with Gasteiger partial charge >= 0.3 is 5.97 Å². The highest BCUT2D eigenvalue weighted by molar-refractivity contribution is 5.91. The third kappa shape index (κ3) is 4.63. The summed E-state index contributed by atoms with van der Waals surface area (Å²) in [7, 11) is 0. The molecular formula is C30H30N2O4. The lowest BCUT2D eigenvalue weighted by molar-refractivity contribution is -0.161. The standard InChI is InChI=1S/C30H30N2O4/c33-26(19-16-21-10-4-1-5-11-21)31-20-24-17-18-25(28(31)30(35)36)32(24)29(34)27(22-12-6-2-7-13-22)23-14-8-3-9-15-23/h1-15,24-25,27-28H,16-20H2,(H,35,36)/t24-,25+,28-/m0/s1. The van der Waals surface area contributed by atoms with Crippen molar-refractivity contribution >= 4 is 17.8 Å². The molecule has 2 bridgehead atoms. The Balaban J connectivity index is 1.41. The van der Waals surface area contributed by atoms with E-state index in [0.717, 1.165) is 16.7 Å². The molecule has 2 aliphatic heterocycles. The Bertz CT molecular complexity index is 1180. The number of carbonyl (C=O) groups excluding carboxylic acids is 2. The smallest absolute Gasteiger partial charge is 0.328 e. The lowest BCUT2D eigenvalue weighted by Crippen LogP contribution is -2.65. The van der Waals surface area contributed by atoms with Crippen LogP contribution < -0.4 is 0 Å². The van der Waals surface area contributed by atoms with Crippen LogP contribution in [0.1, 0.15) is 41.9 Å². The number of carbonyl (C=O) groups is 3. The van der Waals surface area contributed by atoms with Crippen molar-refractivity contribution in [3.05, 3.63) is 108 Å². The Morgan fingerprint density at radius 3 is 1.92 bits per heavy atom. The summed E-state index contributed by atoms with van der Waals surface area (Å²) < 4.78 is 0. The van der Waals surface area contributed by atoms with Crippen molar-refractivity contribution in [3.63, 3.8) is 0 Å². The number of aryl methyl sites for hydroxylation is 1. The minimum Gasteiger partial charge on any atom is -0.480 e. The number of amides is 2. The van der Waals surface area contributed by atoms with Crippen LogP contribution in [0.15, 0.2) is 91.0 Å². The van der Waals surface area contributed by atoms with Crippen LogP contribution in [0, 0.1) is 0 Å². The number of hydrogen-bond acceptors (Lipinski definition) is 3. The van der Waals surface area contributed by atoms with E-state index in [0.29, 0.717) is 19.3 Å². The van der Waals surface area contributed by atoms with Crippen LogP contribution in [0.25, 0.3) is 0 Å². The van der Waals surface area contributed by atoms with Gasteiger partial charge in [-0.2, -0.15) is 0 Å². The van der Waals surface area contributed by atoms with Crippen molar-refractivity contribution < 1.29 is 19.5 Å². The molecule has 2 saturated heterocycles. The number of hydrogen-bond donors (Lipinski definition) is 1.